The van der Waals surface area contributed by atoms with Crippen LogP contribution in [0.2, 0.25) is 0 Å². The summed E-state index contributed by atoms with van der Waals surface area (Å²) in [6, 6.07) is 12.2. The molecule has 0 spiro atoms. The van der Waals surface area contributed by atoms with Gasteiger partial charge in [-0.2, -0.15) is 4.98 Å². The highest BCUT2D eigenvalue weighted by atomic mass is 32.2. The molecule has 8 nitrogen and oxygen atoms in total. The Morgan fingerprint density at radius 1 is 1.03 bits per heavy atom. The van der Waals surface area contributed by atoms with Gasteiger partial charge in [-0.15, -0.1) is 0 Å². The van der Waals surface area contributed by atoms with Crippen molar-refractivity contribution in [1.29, 1.82) is 0 Å². The summed E-state index contributed by atoms with van der Waals surface area (Å²) in [5, 5.41) is 6.95. The number of nitrogens with zero attached hydrogens (tertiary/aromatic N) is 2. The lowest BCUT2D eigenvalue weighted by atomic mass is 10.2. The largest absolute Gasteiger partial charge is 0.493 e. The number of hydrogen-bond donors (Lipinski definition) is 1. The summed E-state index contributed by atoms with van der Waals surface area (Å²) >= 11 is 0. The maximum absolute atomic E-state index is 12.7. The van der Waals surface area contributed by atoms with E-state index in [9.17, 15) is 8.42 Å². The van der Waals surface area contributed by atoms with Crippen molar-refractivity contribution in [3.8, 4) is 22.9 Å². The fourth-order valence-corrected chi connectivity index (χ4v) is 5.60. The lowest BCUT2D eigenvalue weighted by Gasteiger charge is -2.11. The van der Waals surface area contributed by atoms with Gasteiger partial charge in [-0.3, -0.25) is 0 Å². The van der Waals surface area contributed by atoms with E-state index < -0.39 is 9.84 Å². The molecule has 4 rings (SSSR count). The first-order valence-electron chi connectivity index (χ1n) is 10.1. The molecule has 2 aromatic carbocycles. The first-order chi connectivity index (χ1) is 15.0. The molecule has 0 radical (unpaired) electrons. The minimum Gasteiger partial charge on any atom is -0.493 e. The topological polar surface area (TPSA) is 104 Å². The minimum atomic E-state index is -3.25. The number of hydrogen-bond acceptors (Lipinski definition) is 8. The zero-order valence-corrected chi connectivity index (χ0v) is 18.3. The molecular formula is C22H25N3O5S. The number of sulfone groups is 1. The summed E-state index contributed by atoms with van der Waals surface area (Å²) in [6.07, 6.45) is 3.47. The third-order valence-electron chi connectivity index (χ3n) is 5.48. The van der Waals surface area contributed by atoms with Crippen LogP contribution in [0.1, 0.15) is 31.6 Å². The highest BCUT2D eigenvalue weighted by molar-refractivity contribution is 7.92. The van der Waals surface area contributed by atoms with Gasteiger partial charge in [0.25, 0.3) is 0 Å². The molecule has 3 aromatic rings. The lowest BCUT2D eigenvalue weighted by molar-refractivity contribution is 0.355. The molecule has 0 amide bonds. The molecule has 1 N–H and O–H groups in total. The molecule has 0 unspecified atom stereocenters. The fraction of sp³-hybridized carbons (Fsp3) is 0.364. The van der Waals surface area contributed by atoms with Gasteiger partial charge < -0.3 is 19.3 Å². The van der Waals surface area contributed by atoms with Gasteiger partial charge in [-0.1, -0.05) is 18.0 Å². The Morgan fingerprint density at radius 3 is 2.42 bits per heavy atom. The second-order valence-electron chi connectivity index (χ2n) is 7.41. The molecule has 0 atom stereocenters. The number of rotatable bonds is 8. The predicted octanol–water partition coefficient (Wildman–Crippen LogP) is 4.08. The van der Waals surface area contributed by atoms with E-state index >= 15 is 0 Å². The normalized spacial score (nSPS) is 14.5. The predicted molar refractivity (Wildman–Crippen MR) is 116 cm³/mol. The molecule has 1 saturated carbocycles. The first kappa shape index (κ1) is 21.2. The third-order valence-corrected chi connectivity index (χ3v) is 7.76. The van der Waals surface area contributed by atoms with E-state index in [0.29, 0.717) is 34.7 Å². The Labute approximate surface area is 181 Å². The van der Waals surface area contributed by atoms with Crippen molar-refractivity contribution in [2.24, 2.45) is 0 Å². The van der Waals surface area contributed by atoms with Crippen LogP contribution in [0.3, 0.4) is 0 Å². The number of nitrogens with one attached hydrogen (secondary N) is 1. The molecule has 164 valence electrons. The molecule has 0 aliphatic heterocycles. The van der Waals surface area contributed by atoms with Crippen molar-refractivity contribution >= 4 is 15.5 Å². The molecule has 1 aliphatic rings. The molecule has 1 fully saturated rings. The number of anilines is 1. The minimum absolute atomic E-state index is 0.250. The third kappa shape index (κ3) is 4.51. The van der Waals surface area contributed by atoms with Crippen LogP contribution in [-0.2, 0) is 16.4 Å². The van der Waals surface area contributed by atoms with Crippen molar-refractivity contribution in [2.75, 3.05) is 19.5 Å². The summed E-state index contributed by atoms with van der Waals surface area (Å²) in [4.78, 5) is 4.78. The summed E-state index contributed by atoms with van der Waals surface area (Å²) in [6.45, 7) is 0.314. The van der Waals surface area contributed by atoms with Crippen LogP contribution in [0.15, 0.2) is 51.9 Å². The van der Waals surface area contributed by atoms with Crippen molar-refractivity contribution < 1.29 is 22.4 Å². The Morgan fingerprint density at radius 2 is 1.74 bits per heavy atom. The smallest absolute Gasteiger partial charge is 0.246 e. The van der Waals surface area contributed by atoms with Gasteiger partial charge in [0.05, 0.1) is 30.9 Å². The Bertz CT molecular complexity index is 1140. The van der Waals surface area contributed by atoms with E-state index in [1.54, 1.807) is 50.6 Å². The van der Waals surface area contributed by atoms with Gasteiger partial charge in [0.2, 0.25) is 11.7 Å². The van der Waals surface area contributed by atoms with Crippen LogP contribution < -0.4 is 14.8 Å². The van der Waals surface area contributed by atoms with Crippen molar-refractivity contribution in [3.63, 3.8) is 0 Å². The lowest BCUT2D eigenvalue weighted by Crippen LogP contribution is -2.17. The summed E-state index contributed by atoms with van der Waals surface area (Å²) in [5.41, 5.74) is 1.52. The molecule has 0 bridgehead atoms. The molecule has 31 heavy (non-hydrogen) atoms. The zero-order chi connectivity index (χ0) is 21.8. The van der Waals surface area contributed by atoms with Crippen molar-refractivity contribution in [1.82, 2.24) is 10.1 Å². The highest BCUT2D eigenvalue weighted by Gasteiger charge is 2.30. The number of aromatic nitrogens is 2. The quantitative estimate of drug-likeness (QED) is 0.555. The number of methoxy groups -OCH3 is 2. The Kier molecular flexibility index (Phi) is 6.13. The van der Waals surface area contributed by atoms with E-state index in [1.165, 1.54) is 0 Å². The highest BCUT2D eigenvalue weighted by Crippen LogP contribution is 2.32. The van der Waals surface area contributed by atoms with Gasteiger partial charge in [0.15, 0.2) is 21.3 Å². The molecule has 1 aliphatic carbocycles. The van der Waals surface area contributed by atoms with Crippen LogP contribution in [0.25, 0.3) is 11.4 Å². The molecule has 1 aromatic heterocycles. The second-order valence-corrected chi connectivity index (χ2v) is 9.64. The fourth-order valence-electron chi connectivity index (χ4n) is 3.75. The van der Waals surface area contributed by atoms with Crippen molar-refractivity contribution in [2.45, 2.75) is 42.4 Å². The maximum atomic E-state index is 12.7. The number of benzene rings is 2. The Balaban J connectivity index is 1.41. The van der Waals surface area contributed by atoms with Crippen molar-refractivity contribution in [3.05, 3.63) is 48.4 Å². The van der Waals surface area contributed by atoms with E-state index in [1.807, 2.05) is 6.07 Å². The average Bonchev–Trinajstić information content (AvgIpc) is 3.50. The van der Waals surface area contributed by atoms with Gasteiger partial charge >= 0.3 is 0 Å². The molecular weight excluding hydrogens is 418 g/mol. The van der Waals surface area contributed by atoms with Crippen LogP contribution in [0.5, 0.6) is 11.5 Å². The van der Waals surface area contributed by atoms with Gasteiger partial charge in [-0.25, -0.2) is 8.42 Å². The number of ether oxygens (including phenoxy) is 2. The van der Waals surface area contributed by atoms with Gasteiger partial charge in [0, 0.05) is 11.3 Å². The van der Waals surface area contributed by atoms with E-state index in [4.69, 9.17) is 14.0 Å². The van der Waals surface area contributed by atoms with E-state index in [2.05, 4.69) is 15.5 Å². The molecule has 0 saturated heterocycles. The molecule has 1 heterocycles. The maximum Gasteiger partial charge on any atom is 0.246 e. The van der Waals surface area contributed by atoms with Crippen LogP contribution in [-0.4, -0.2) is 38.0 Å². The Hall–Kier alpha value is -3.07. The molecule has 9 heteroatoms. The standard InChI is InChI=1S/C22H25N3O5S/c1-28-19-12-7-15(13-20(19)29-2)22-24-21(30-25-22)14-23-16-8-10-18(11-9-16)31(26,27)17-5-3-4-6-17/h7-13,17,23H,3-6,14H2,1-2H3. The van der Waals surface area contributed by atoms with Gasteiger partial charge in [0.1, 0.15) is 0 Å². The van der Waals surface area contributed by atoms with Crippen LogP contribution >= 0.6 is 0 Å². The summed E-state index contributed by atoms with van der Waals surface area (Å²) in [7, 11) is -0.106. The second kappa shape index (κ2) is 8.97. The van der Waals surface area contributed by atoms with Crippen LogP contribution in [0.4, 0.5) is 5.69 Å². The van der Waals surface area contributed by atoms with E-state index in [0.717, 1.165) is 36.9 Å². The first-order valence-corrected chi connectivity index (χ1v) is 11.7. The SMILES string of the molecule is COc1ccc(-c2noc(CNc3ccc(S(=O)(=O)C4CCCC4)cc3)n2)cc1OC. The summed E-state index contributed by atoms with van der Waals surface area (Å²) in [5.74, 6) is 2.05. The van der Waals surface area contributed by atoms with Crippen LogP contribution in [0, 0.1) is 0 Å². The monoisotopic (exact) mass is 443 g/mol. The summed E-state index contributed by atoms with van der Waals surface area (Å²) < 4.78 is 41.2. The van der Waals surface area contributed by atoms with Gasteiger partial charge in [-0.05, 0) is 55.3 Å². The van der Waals surface area contributed by atoms with E-state index in [-0.39, 0.29) is 5.25 Å². The zero-order valence-electron chi connectivity index (χ0n) is 17.5. The average molecular weight is 444 g/mol.